The number of nitrogens with zero attached hydrogens (tertiary/aromatic N) is 1. The quantitative estimate of drug-likeness (QED) is 0.0365. The maximum Gasteiger partial charge on any atom is 0.312 e. The zero-order chi connectivity index (χ0) is 38.7. The molecule has 0 saturated heterocycles. The van der Waals surface area contributed by atoms with Gasteiger partial charge in [0.1, 0.15) is 30.0 Å². The molecule has 0 aliphatic heterocycles. The Hall–Kier alpha value is -5.00. The Morgan fingerprint density at radius 3 is 1.90 bits per heavy atom. The third-order valence-corrected chi connectivity index (χ3v) is 8.05. The molecule has 7 amide bonds. The van der Waals surface area contributed by atoms with E-state index in [1.54, 1.807) is 6.92 Å². The lowest BCUT2D eigenvalue weighted by molar-refractivity contribution is -0.135. The van der Waals surface area contributed by atoms with E-state index in [1.807, 2.05) is 20.8 Å². The molecule has 1 rings (SSSR count). The highest BCUT2D eigenvalue weighted by Gasteiger charge is 2.33. The van der Waals surface area contributed by atoms with Crippen LogP contribution >= 0.6 is 0 Å². The largest absolute Gasteiger partial charge is 0.370 e. The lowest BCUT2D eigenvalue weighted by atomic mass is 9.95. The van der Waals surface area contributed by atoms with E-state index in [4.69, 9.17) is 28.7 Å². The highest BCUT2D eigenvalue weighted by molar-refractivity contribution is 5.96. The molecule has 1 aromatic rings. The van der Waals surface area contributed by atoms with E-state index in [1.165, 1.54) is 24.3 Å². The van der Waals surface area contributed by atoms with Crippen LogP contribution in [0, 0.1) is 17.7 Å². The van der Waals surface area contributed by atoms with Gasteiger partial charge < -0.3 is 55.3 Å². The van der Waals surface area contributed by atoms with Crippen LogP contribution in [-0.4, -0.2) is 84.8 Å². The zero-order valence-electron chi connectivity index (χ0n) is 29.9. The van der Waals surface area contributed by atoms with Crippen LogP contribution in [0.2, 0.25) is 0 Å². The topological polar surface area (TPSA) is 305 Å². The van der Waals surface area contributed by atoms with Crippen molar-refractivity contribution in [1.82, 2.24) is 26.6 Å². The minimum atomic E-state index is -1.15. The number of aliphatic imine (C=N–C) groups is 1. The van der Waals surface area contributed by atoms with Gasteiger partial charge in [-0.05, 0) is 61.6 Å². The molecule has 286 valence electrons. The third-order valence-electron chi connectivity index (χ3n) is 8.05. The molecule has 0 unspecified atom stereocenters. The Morgan fingerprint density at radius 1 is 0.765 bits per heavy atom. The first-order valence-corrected chi connectivity index (χ1v) is 17.0. The summed E-state index contributed by atoms with van der Waals surface area (Å²) in [6, 6.07) is -0.895. The number of hydrogen-bond acceptors (Lipinski definition) is 8. The minimum absolute atomic E-state index is 0.00342. The third kappa shape index (κ3) is 17.5. The number of carbonyl (C=O) groups is 6. The van der Waals surface area contributed by atoms with Crippen LogP contribution in [-0.2, 0) is 30.4 Å². The van der Waals surface area contributed by atoms with Gasteiger partial charge in [-0.25, -0.2) is 9.18 Å². The lowest BCUT2D eigenvalue weighted by Crippen LogP contribution is -2.60. The smallest absolute Gasteiger partial charge is 0.312 e. The van der Waals surface area contributed by atoms with Gasteiger partial charge in [-0.3, -0.25) is 29.0 Å². The maximum atomic E-state index is 13.7. The van der Waals surface area contributed by atoms with Crippen LogP contribution in [0.5, 0.6) is 0 Å². The Morgan fingerprint density at radius 2 is 1.35 bits per heavy atom. The second-order valence-electron chi connectivity index (χ2n) is 12.9. The first-order chi connectivity index (χ1) is 23.9. The minimum Gasteiger partial charge on any atom is -0.370 e. The molecule has 0 fully saturated rings. The Bertz CT molecular complexity index is 1340. The molecule has 0 aromatic heterocycles. The van der Waals surface area contributed by atoms with E-state index >= 15 is 0 Å². The Balaban J connectivity index is 3.17. The molecule has 1 aromatic carbocycles. The van der Waals surface area contributed by atoms with Crippen molar-refractivity contribution in [2.75, 3.05) is 13.1 Å². The van der Waals surface area contributed by atoms with Crippen LogP contribution in [0.1, 0.15) is 71.8 Å². The first-order valence-electron chi connectivity index (χ1n) is 17.0. The summed E-state index contributed by atoms with van der Waals surface area (Å²) in [5, 5.41) is 13.1. The van der Waals surface area contributed by atoms with Gasteiger partial charge in [0.05, 0.1) is 6.04 Å². The van der Waals surface area contributed by atoms with Gasteiger partial charge >= 0.3 is 6.03 Å². The van der Waals surface area contributed by atoms with E-state index in [0.717, 1.165) is 0 Å². The Kier molecular flexibility index (Phi) is 19.6. The highest BCUT2D eigenvalue weighted by Crippen LogP contribution is 2.13. The molecule has 18 heteroatoms. The highest BCUT2D eigenvalue weighted by atomic mass is 19.1. The van der Waals surface area contributed by atoms with E-state index in [-0.39, 0.29) is 57.1 Å². The van der Waals surface area contributed by atoms with Gasteiger partial charge in [-0.2, -0.15) is 0 Å². The van der Waals surface area contributed by atoms with E-state index in [9.17, 15) is 33.2 Å². The van der Waals surface area contributed by atoms with Crippen LogP contribution in [0.15, 0.2) is 29.3 Å². The SMILES string of the molecule is CC[C@H](C)[C@H](NC(=O)[C@H](CC(C)C)NC(=O)[C@H](CCCNC(N)=O)NC(=O)[C@@H](N)CCCN=C(N)N)C(=O)N[C@@H](Cc1ccc(F)cc1)C(N)=O. The number of urea groups is 1. The standard InChI is InChI=1S/C33H56FN11O6/c1-5-19(4)26(31(50)43-24(27(36)46)17-20-10-12-21(34)13-11-20)45-30(49)25(16-18(2)3)44-29(48)23(9-7-15-41-33(39)51)42-28(47)22(35)8-6-14-40-32(37)38/h10-13,18-19,22-26H,5-9,14-17,35H2,1-4H3,(H2,36,46)(H,42,47)(H,43,50)(H,44,48)(H,45,49)(H4,37,38,40)(H3,39,41,51)/t19-,22-,23-,24-,25-,26-/m0/s1. The molecule has 15 N–H and O–H groups in total. The first kappa shape index (κ1) is 44.0. The average Bonchev–Trinajstić information content (AvgIpc) is 3.05. The monoisotopic (exact) mass is 721 g/mol. The summed E-state index contributed by atoms with van der Waals surface area (Å²) in [5.74, 6) is -4.50. The maximum absolute atomic E-state index is 13.7. The van der Waals surface area contributed by atoms with Crippen LogP contribution in [0.3, 0.4) is 0 Å². The van der Waals surface area contributed by atoms with Crippen molar-refractivity contribution in [3.8, 4) is 0 Å². The van der Waals surface area contributed by atoms with Gasteiger partial charge in [0.15, 0.2) is 5.96 Å². The fraction of sp³-hybridized carbons (Fsp3) is 0.606. The molecule has 0 bridgehead atoms. The molecule has 51 heavy (non-hydrogen) atoms. The van der Waals surface area contributed by atoms with Crippen molar-refractivity contribution in [3.05, 3.63) is 35.6 Å². The summed E-state index contributed by atoms with van der Waals surface area (Å²) in [6.45, 7) is 7.62. The molecule has 0 heterocycles. The molecule has 6 atom stereocenters. The molecule has 0 aliphatic carbocycles. The fourth-order valence-electron chi connectivity index (χ4n) is 4.99. The number of rotatable bonds is 23. The van der Waals surface area contributed by atoms with Gasteiger partial charge in [0.2, 0.25) is 29.5 Å². The second-order valence-corrected chi connectivity index (χ2v) is 12.9. The Labute approximate surface area is 298 Å². The van der Waals surface area contributed by atoms with E-state index in [2.05, 4.69) is 31.6 Å². The molecule has 0 saturated carbocycles. The summed E-state index contributed by atoms with van der Waals surface area (Å²) in [6.07, 6.45) is 1.58. The molecule has 0 aliphatic rings. The van der Waals surface area contributed by atoms with Crippen molar-refractivity contribution in [2.45, 2.75) is 103 Å². The van der Waals surface area contributed by atoms with Crippen molar-refractivity contribution < 1.29 is 33.2 Å². The summed E-state index contributed by atoms with van der Waals surface area (Å²) in [4.78, 5) is 81.1. The number of nitrogens with two attached hydrogens (primary N) is 5. The number of primary amides is 2. The van der Waals surface area contributed by atoms with Crippen molar-refractivity contribution >= 4 is 41.5 Å². The van der Waals surface area contributed by atoms with Gasteiger partial charge in [-0.1, -0.05) is 46.2 Å². The van der Waals surface area contributed by atoms with Crippen molar-refractivity contribution in [1.29, 1.82) is 0 Å². The summed E-state index contributed by atoms with van der Waals surface area (Å²) in [5.41, 5.74) is 28.0. The summed E-state index contributed by atoms with van der Waals surface area (Å²) in [7, 11) is 0. The number of benzene rings is 1. The summed E-state index contributed by atoms with van der Waals surface area (Å²) >= 11 is 0. The molecule has 0 spiro atoms. The number of nitrogens with one attached hydrogen (secondary N) is 5. The van der Waals surface area contributed by atoms with E-state index < -0.39 is 77.5 Å². The predicted octanol–water partition coefficient (Wildman–Crippen LogP) is -1.29. The number of amides is 7. The van der Waals surface area contributed by atoms with Gasteiger partial charge in [0, 0.05) is 19.5 Å². The normalized spacial score (nSPS) is 14.5. The van der Waals surface area contributed by atoms with E-state index in [0.29, 0.717) is 18.4 Å². The van der Waals surface area contributed by atoms with Crippen molar-refractivity contribution in [3.63, 3.8) is 0 Å². The zero-order valence-corrected chi connectivity index (χ0v) is 29.9. The van der Waals surface area contributed by atoms with Gasteiger partial charge in [-0.15, -0.1) is 0 Å². The molecular weight excluding hydrogens is 665 g/mol. The van der Waals surface area contributed by atoms with Crippen LogP contribution in [0.4, 0.5) is 9.18 Å². The predicted molar refractivity (Wildman–Crippen MR) is 191 cm³/mol. The number of halogens is 1. The van der Waals surface area contributed by atoms with Crippen LogP contribution < -0.4 is 55.3 Å². The number of carbonyl (C=O) groups excluding carboxylic acids is 6. The van der Waals surface area contributed by atoms with Crippen LogP contribution in [0.25, 0.3) is 0 Å². The molecule has 0 radical (unpaired) electrons. The molecular formula is C33H56FN11O6. The van der Waals surface area contributed by atoms with Gasteiger partial charge in [0.25, 0.3) is 0 Å². The lowest BCUT2D eigenvalue weighted by Gasteiger charge is -2.29. The number of hydrogen-bond donors (Lipinski definition) is 10. The summed E-state index contributed by atoms with van der Waals surface area (Å²) < 4.78 is 13.4. The second kappa shape index (κ2) is 22.7. The fourth-order valence-corrected chi connectivity index (χ4v) is 4.99. The van der Waals surface area contributed by atoms with Crippen molar-refractivity contribution in [2.24, 2.45) is 45.5 Å². The molecule has 17 nitrogen and oxygen atoms in total. The number of guanidine groups is 1. The average molecular weight is 722 g/mol.